The molecule has 1 aliphatic carbocycles. The number of hydrogen-bond acceptors (Lipinski definition) is 10. The summed E-state index contributed by atoms with van der Waals surface area (Å²) in [5, 5.41) is 36.5. The molecule has 0 radical (unpaired) electrons. The third-order valence-corrected chi connectivity index (χ3v) is 6.60. The highest BCUT2D eigenvalue weighted by Gasteiger charge is 2.47. The van der Waals surface area contributed by atoms with Gasteiger partial charge in [0.15, 0.2) is 22.1 Å². The number of thioether (sulfide) groups is 1. The van der Waals surface area contributed by atoms with Crippen LogP contribution >= 0.6 is 11.8 Å². The molecule has 1 amide bonds. The first-order valence-corrected chi connectivity index (χ1v) is 12.3. The number of carbonyl (C=O) groups is 1. The molecule has 2 aromatic rings. The van der Waals surface area contributed by atoms with Gasteiger partial charge >= 0.3 is 0 Å². The highest BCUT2D eigenvalue weighted by atomic mass is 32.2. The molecule has 3 rings (SSSR count). The summed E-state index contributed by atoms with van der Waals surface area (Å²) in [6.07, 6.45) is 1.54. The lowest BCUT2D eigenvalue weighted by molar-refractivity contribution is -0.128. The van der Waals surface area contributed by atoms with Crippen molar-refractivity contribution in [3.63, 3.8) is 0 Å². The van der Waals surface area contributed by atoms with E-state index in [1.54, 1.807) is 11.8 Å². The Bertz CT molecular complexity index is 895. The van der Waals surface area contributed by atoms with Gasteiger partial charge in [-0.05, 0) is 32.2 Å². The predicted octanol–water partition coefficient (Wildman–Crippen LogP) is 0.683. The molecule has 4 atom stereocenters. The van der Waals surface area contributed by atoms with E-state index in [1.165, 1.54) is 4.68 Å². The third-order valence-electron chi connectivity index (χ3n) is 5.54. The SMILES string of the molecule is CCCCNc1nc(SCCC)nc2c1nnn2C1C[C@H](C(=O)NCCCN)C(O)C1O. The van der Waals surface area contributed by atoms with Gasteiger partial charge in [0.05, 0.1) is 18.1 Å². The first kappa shape index (κ1) is 24.6. The van der Waals surface area contributed by atoms with Gasteiger partial charge in [0.25, 0.3) is 0 Å². The zero-order valence-corrected chi connectivity index (χ0v) is 19.5. The summed E-state index contributed by atoms with van der Waals surface area (Å²) in [5.41, 5.74) is 6.47. The first-order valence-electron chi connectivity index (χ1n) is 11.3. The number of anilines is 1. The lowest BCUT2D eigenvalue weighted by Gasteiger charge is -2.17. The number of aromatic nitrogens is 5. The Morgan fingerprint density at radius 1 is 1.19 bits per heavy atom. The van der Waals surface area contributed by atoms with Gasteiger partial charge in [0.2, 0.25) is 5.91 Å². The summed E-state index contributed by atoms with van der Waals surface area (Å²) in [6.45, 7) is 5.86. The number of carbonyl (C=O) groups excluding carboxylic acids is 1. The zero-order valence-electron chi connectivity index (χ0n) is 18.7. The Morgan fingerprint density at radius 2 is 2.00 bits per heavy atom. The summed E-state index contributed by atoms with van der Waals surface area (Å²) in [6, 6.07) is -0.623. The van der Waals surface area contributed by atoms with Crippen molar-refractivity contribution in [1.82, 2.24) is 30.3 Å². The number of unbranched alkanes of at least 4 members (excludes halogenated alkanes) is 1. The molecule has 1 fully saturated rings. The van der Waals surface area contributed by atoms with Crippen molar-refractivity contribution in [2.45, 2.75) is 69.4 Å². The molecule has 0 bridgehead atoms. The maximum Gasteiger partial charge on any atom is 0.225 e. The normalized spacial score (nSPS) is 23.0. The second kappa shape index (κ2) is 11.7. The number of aliphatic hydroxyl groups is 2. The van der Waals surface area contributed by atoms with Crippen LogP contribution in [0.4, 0.5) is 5.82 Å². The number of aliphatic hydroxyl groups excluding tert-OH is 2. The molecule has 6 N–H and O–H groups in total. The molecule has 2 heterocycles. The molecular weight excluding hydrogens is 432 g/mol. The van der Waals surface area contributed by atoms with E-state index in [4.69, 9.17) is 5.73 Å². The number of amides is 1. The highest BCUT2D eigenvalue weighted by Crippen LogP contribution is 2.37. The van der Waals surface area contributed by atoms with Crippen molar-refractivity contribution < 1.29 is 15.0 Å². The van der Waals surface area contributed by atoms with Crippen LogP contribution in [0.1, 0.15) is 52.0 Å². The number of hydrogen-bond donors (Lipinski definition) is 5. The molecule has 32 heavy (non-hydrogen) atoms. The van der Waals surface area contributed by atoms with Crippen LogP contribution in [0.15, 0.2) is 5.16 Å². The molecule has 0 saturated heterocycles. The van der Waals surface area contributed by atoms with E-state index in [9.17, 15) is 15.0 Å². The Balaban J connectivity index is 1.88. The van der Waals surface area contributed by atoms with Gasteiger partial charge in [-0.1, -0.05) is 37.2 Å². The summed E-state index contributed by atoms with van der Waals surface area (Å²) in [4.78, 5) is 21.8. The van der Waals surface area contributed by atoms with Gasteiger partial charge in [-0.3, -0.25) is 4.79 Å². The van der Waals surface area contributed by atoms with E-state index >= 15 is 0 Å². The molecule has 0 aliphatic heterocycles. The molecule has 1 aliphatic rings. The van der Waals surface area contributed by atoms with Crippen LogP contribution in [-0.2, 0) is 4.79 Å². The quantitative estimate of drug-likeness (QED) is 0.171. The maximum absolute atomic E-state index is 12.5. The number of rotatable bonds is 12. The van der Waals surface area contributed by atoms with Crippen LogP contribution in [-0.4, -0.2) is 78.7 Å². The molecule has 12 heteroatoms. The Morgan fingerprint density at radius 3 is 2.72 bits per heavy atom. The number of nitrogens with two attached hydrogens (primary N) is 1. The summed E-state index contributed by atoms with van der Waals surface area (Å²) in [7, 11) is 0. The van der Waals surface area contributed by atoms with E-state index in [1.807, 2.05) is 0 Å². The van der Waals surface area contributed by atoms with Crippen molar-refractivity contribution in [3.8, 4) is 0 Å². The molecule has 11 nitrogen and oxygen atoms in total. The van der Waals surface area contributed by atoms with Crippen molar-refractivity contribution >= 4 is 34.7 Å². The van der Waals surface area contributed by atoms with E-state index in [2.05, 4.69) is 44.8 Å². The van der Waals surface area contributed by atoms with Crippen LogP contribution < -0.4 is 16.4 Å². The molecule has 1 saturated carbocycles. The first-order chi connectivity index (χ1) is 15.5. The fourth-order valence-corrected chi connectivity index (χ4v) is 4.45. The number of fused-ring (bicyclic) bond motifs is 1. The van der Waals surface area contributed by atoms with Gasteiger partial charge < -0.3 is 26.6 Å². The molecule has 0 aromatic carbocycles. The highest BCUT2D eigenvalue weighted by molar-refractivity contribution is 7.99. The van der Waals surface area contributed by atoms with Gasteiger partial charge in [0, 0.05) is 18.8 Å². The summed E-state index contributed by atoms with van der Waals surface area (Å²) in [5.74, 6) is 0.437. The fourth-order valence-electron chi connectivity index (χ4n) is 3.75. The smallest absolute Gasteiger partial charge is 0.225 e. The lowest BCUT2D eigenvalue weighted by Crippen LogP contribution is -2.38. The van der Waals surface area contributed by atoms with Gasteiger partial charge in [-0.25, -0.2) is 14.6 Å². The van der Waals surface area contributed by atoms with Crippen LogP contribution in [0.2, 0.25) is 0 Å². The van der Waals surface area contributed by atoms with Crippen LogP contribution in [0.3, 0.4) is 0 Å². The second-order valence-electron chi connectivity index (χ2n) is 8.01. The summed E-state index contributed by atoms with van der Waals surface area (Å²) >= 11 is 1.54. The largest absolute Gasteiger partial charge is 0.390 e. The minimum absolute atomic E-state index is 0.231. The van der Waals surface area contributed by atoms with Gasteiger partial charge in [-0.2, -0.15) is 0 Å². The molecular formula is C20H34N8O3S. The topological polar surface area (TPSA) is 164 Å². The van der Waals surface area contributed by atoms with Crippen LogP contribution in [0, 0.1) is 5.92 Å². The van der Waals surface area contributed by atoms with Gasteiger partial charge in [0.1, 0.15) is 6.10 Å². The number of nitrogens with one attached hydrogen (secondary N) is 2. The third kappa shape index (κ3) is 5.48. The van der Waals surface area contributed by atoms with Crippen LogP contribution in [0.5, 0.6) is 0 Å². The van der Waals surface area contributed by atoms with Crippen molar-refractivity contribution in [2.75, 3.05) is 30.7 Å². The van der Waals surface area contributed by atoms with Crippen molar-refractivity contribution in [3.05, 3.63) is 0 Å². The van der Waals surface area contributed by atoms with Crippen LogP contribution in [0.25, 0.3) is 11.2 Å². The Hall–Kier alpha value is -2.02. The maximum atomic E-state index is 12.5. The minimum Gasteiger partial charge on any atom is -0.390 e. The van der Waals surface area contributed by atoms with E-state index in [-0.39, 0.29) is 12.3 Å². The molecule has 178 valence electrons. The van der Waals surface area contributed by atoms with Gasteiger partial charge in [-0.15, -0.1) is 5.10 Å². The monoisotopic (exact) mass is 466 g/mol. The predicted molar refractivity (Wildman–Crippen MR) is 123 cm³/mol. The van der Waals surface area contributed by atoms with Crippen molar-refractivity contribution in [2.24, 2.45) is 11.7 Å². The van der Waals surface area contributed by atoms with E-state index in [0.717, 1.165) is 31.6 Å². The molecule has 3 unspecified atom stereocenters. The van der Waals surface area contributed by atoms with E-state index < -0.39 is 24.2 Å². The Labute approximate surface area is 191 Å². The lowest BCUT2D eigenvalue weighted by atomic mass is 10.0. The molecule has 0 spiro atoms. The number of nitrogens with zero attached hydrogens (tertiary/aromatic N) is 5. The molecule has 2 aromatic heterocycles. The zero-order chi connectivity index (χ0) is 23.1. The second-order valence-corrected chi connectivity index (χ2v) is 9.08. The van der Waals surface area contributed by atoms with E-state index in [0.29, 0.717) is 41.6 Å². The van der Waals surface area contributed by atoms with Crippen molar-refractivity contribution in [1.29, 1.82) is 0 Å². The average Bonchev–Trinajstić information content (AvgIpc) is 3.33. The standard InChI is InChI=1S/C20H34N8O3S/c1-3-5-8-22-17-14-18(25-20(24-17)32-10-4-2)28(27-26-14)13-11-12(15(29)16(13)30)19(31)23-9-6-7-21/h12-13,15-16,29-30H,3-11,21H2,1-2H3,(H,23,31)(H,22,24,25)/t12-,13?,15?,16?/m0/s1. The Kier molecular flexibility index (Phi) is 9.02. The minimum atomic E-state index is -1.20. The fraction of sp³-hybridized carbons (Fsp3) is 0.750. The summed E-state index contributed by atoms with van der Waals surface area (Å²) < 4.78 is 1.53. The average molecular weight is 467 g/mol.